The first kappa shape index (κ1) is 23.8. The Kier molecular flexibility index (Phi) is 7.01. The zero-order chi connectivity index (χ0) is 24.9. The maximum absolute atomic E-state index is 13.5. The predicted molar refractivity (Wildman–Crippen MR) is 128 cm³/mol. The van der Waals surface area contributed by atoms with Crippen LogP contribution in [0.15, 0.2) is 69.3 Å². The predicted octanol–water partition coefficient (Wildman–Crippen LogP) is 2.31. The molecule has 178 valence electrons. The van der Waals surface area contributed by atoms with Crippen molar-refractivity contribution in [1.29, 1.82) is 0 Å². The van der Waals surface area contributed by atoms with Gasteiger partial charge in [0.25, 0.3) is 5.56 Å². The molecule has 12 heteroatoms. The van der Waals surface area contributed by atoms with Gasteiger partial charge in [-0.2, -0.15) is 0 Å². The number of carbonyl (C=O) groups is 2. The molecule has 3 N–H and O–H groups in total. The monoisotopic (exact) mass is 494 g/mol. The van der Waals surface area contributed by atoms with Crippen molar-refractivity contribution in [3.05, 3.63) is 98.3 Å². The summed E-state index contributed by atoms with van der Waals surface area (Å²) >= 11 is 1.11. The fraction of sp³-hybridized carbons (Fsp3) is 0.130. The first-order valence-corrected chi connectivity index (χ1v) is 11.3. The van der Waals surface area contributed by atoms with E-state index in [1.165, 1.54) is 37.3 Å². The van der Waals surface area contributed by atoms with E-state index in [0.29, 0.717) is 33.6 Å². The minimum absolute atomic E-state index is 0.00434. The Bertz CT molecular complexity index is 1460. The molecule has 0 aliphatic carbocycles. The Morgan fingerprint density at radius 1 is 1.03 bits per heavy atom. The van der Waals surface area contributed by atoms with Crippen molar-refractivity contribution in [2.75, 3.05) is 11.1 Å². The molecule has 0 spiro atoms. The van der Waals surface area contributed by atoms with Crippen molar-refractivity contribution in [3.63, 3.8) is 0 Å². The van der Waals surface area contributed by atoms with E-state index in [0.717, 1.165) is 11.8 Å². The molecule has 0 radical (unpaired) electrons. The summed E-state index contributed by atoms with van der Waals surface area (Å²) in [5, 5.41) is 11.4. The number of aromatic amines is 2. The number of halogens is 1. The lowest BCUT2D eigenvalue weighted by Gasteiger charge is -2.10. The highest BCUT2D eigenvalue weighted by molar-refractivity contribution is 7.99. The van der Waals surface area contributed by atoms with E-state index in [1.54, 1.807) is 28.8 Å². The van der Waals surface area contributed by atoms with Gasteiger partial charge in [-0.05, 0) is 55.5 Å². The van der Waals surface area contributed by atoms with Crippen molar-refractivity contribution in [2.45, 2.75) is 18.5 Å². The Labute approximate surface area is 201 Å². The summed E-state index contributed by atoms with van der Waals surface area (Å²) in [7, 11) is 0. The Morgan fingerprint density at radius 2 is 1.74 bits per heavy atom. The second kappa shape index (κ2) is 10.3. The van der Waals surface area contributed by atoms with Gasteiger partial charge in [0, 0.05) is 35.1 Å². The summed E-state index contributed by atoms with van der Waals surface area (Å²) in [5.74, 6) is -0.430. The van der Waals surface area contributed by atoms with Crippen LogP contribution in [0.3, 0.4) is 0 Å². The average molecular weight is 495 g/mol. The number of aromatic nitrogens is 5. The van der Waals surface area contributed by atoms with Crippen molar-refractivity contribution in [2.24, 2.45) is 0 Å². The largest absolute Gasteiger partial charge is 0.325 e. The molecule has 2 aromatic carbocycles. The zero-order valence-corrected chi connectivity index (χ0v) is 19.2. The first-order chi connectivity index (χ1) is 16.8. The van der Waals surface area contributed by atoms with Crippen LogP contribution < -0.4 is 16.6 Å². The van der Waals surface area contributed by atoms with E-state index >= 15 is 0 Å². The lowest BCUT2D eigenvalue weighted by atomic mass is 10.1. The van der Waals surface area contributed by atoms with E-state index < -0.39 is 17.1 Å². The summed E-state index contributed by atoms with van der Waals surface area (Å²) in [4.78, 5) is 51.8. The summed E-state index contributed by atoms with van der Waals surface area (Å²) in [6.45, 7) is 1.46. The molecule has 2 aromatic heterocycles. The van der Waals surface area contributed by atoms with Crippen molar-refractivity contribution in [1.82, 2.24) is 24.7 Å². The van der Waals surface area contributed by atoms with Gasteiger partial charge in [-0.3, -0.25) is 23.9 Å². The van der Waals surface area contributed by atoms with Gasteiger partial charge in [-0.1, -0.05) is 11.8 Å². The van der Waals surface area contributed by atoms with Gasteiger partial charge < -0.3 is 10.3 Å². The smallest absolute Gasteiger partial charge is 0.325 e. The minimum atomic E-state index is -0.650. The molecule has 0 bridgehead atoms. The number of rotatable bonds is 8. The highest BCUT2D eigenvalue weighted by Gasteiger charge is 2.17. The molecule has 10 nitrogen and oxygen atoms in total. The number of amides is 1. The van der Waals surface area contributed by atoms with Gasteiger partial charge in [0.2, 0.25) is 5.91 Å². The van der Waals surface area contributed by atoms with E-state index in [1.807, 2.05) is 0 Å². The molecule has 0 aliphatic heterocycles. The van der Waals surface area contributed by atoms with Crippen molar-refractivity contribution >= 4 is 29.1 Å². The van der Waals surface area contributed by atoms with Gasteiger partial charge in [0.05, 0.1) is 5.75 Å². The number of ketones is 1. The Morgan fingerprint density at radius 3 is 2.40 bits per heavy atom. The van der Waals surface area contributed by atoms with E-state index in [-0.39, 0.29) is 23.9 Å². The van der Waals surface area contributed by atoms with Crippen LogP contribution in [0.5, 0.6) is 0 Å². The molecular formula is C23H19FN6O4S. The lowest BCUT2D eigenvalue weighted by molar-refractivity contribution is -0.113. The number of nitrogens with zero attached hydrogens (tertiary/aromatic N) is 3. The second-order valence-electron chi connectivity index (χ2n) is 7.47. The third-order valence-corrected chi connectivity index (χ3v) is 5.79. The van der Waals surface area contributed by atoms with E-state index in [2.05, 4.69) is 25.5 Å². The molecule has 0 saturated carbocycles. The normalized spacial score (nSPS) is 10.8. The number of hydrogen-bond donors (Lipinski definition) is 3. The van der Waals surface area contributed by atoms with Crippen LogP contribution in [-0.4, -0.2) is 42.2 Å². The van der Waals surface area contributed by atoms with Gasteiger partial charge in [-0.15, -0.1) is 10.2 Å². The molecule has 35 heavy (non-hydrogen) atoms. The van der Waals surface area contributed by atoms with Crippen LogP contribution in [0.1, 0.15) is 28.8 Å². The fourth-order valence-corrected chi connectivity index (χ4v) is 4.03. The SMILES string of the molecule is CC(=O)c1ccc(NC(=O)CSc2nnc(Cc3cc(=O)[nH]c(=O)[nH]3)n2-c2ccc(F)cc2)cc1. The van der Waals surface area contributed by atoms with E-state index in [9.17, 15) is 23.6 Å². The summed E-state index contributed by atoms with van der Waals surface area (Å²) in [6, 6.07) is 13.4. The van der Waals surface area contributed by atoms with Crippen LogP contribution in [0.2, 0.25) is 0 Å². The van der Waals surface area contributed by atoms with Crippen LogP contribution in [0.4, 0.5) is 10.1 Å². The molecule has 0 aliphatic rings. The molecule has 1 amide bonds. The number of Topliss-reactive ketones (excluding diaryl/α,β-unsaturated/α-hetero) is 1. The highest BCUT2D eigenvalue weighted by Crippen LogP contribution is 2.24. The summed E-state index contributed by atoms with van der Waals surface area (Å²) in [6.07, 6.45) is 0.0682. The molecule has 0 atom stereocenters. The number of anilines is 1. The van der Waals surface area contributed by atoms with Crippen LogP contribution in [0, 0.1) is 5.82 Å². The molecule has 0 unspecified atom stereocenters. The highest BCUT2D eigenvalue weighted by atomic mass is 32.2. The average Bonchev–Trinajstić information content (AvgIpc) is 3.20. The molecule has 2 heterocycles. The number of thioether (sulfide) groups is 1. The van der Waals surface area contributed by atoms with Gasteiger partial charge >= 0.3 is 5.69 Å². The van der Waals surface area contributed by atoms with Gasteiger partial charge in [-0.25, -0.2) is 9.18 Å². The summed E-state index contributed by atoms with van der Waals surface area (Å²) < 4.78 is 15.1. The standard InChI is InChI=1S/C23H19FN6O4S/c1-13(31)14-2-6-16(7-3-14)25-21(33)12-35-23-29-28-19(10-17-11-20(32)27-22(34)26-17)30(23)18-8-4-15(24)5-9-18/h2-9,11H,10,12H2,1H3,(H,25,33)(H2,26,27,32,34). The number of hydrogen-bond acceptors (Lipinski definition) is 7. The summed E-state index contributed by atoms with van der Waals surface area (Å²) in [5.41, 5.74) is 0.736. The Hall–Kier alpha value is -4.32. The number of H-pyrrole nitrogens is 2. The lowest BCUT2D eigenvalue weighted by Crippen LogP contribution is -2.23. The maximum atomic E-state index is 13.5. The van der Waals surface area contributed by atoms with Gasteiger partial charge in [0.1, 0.15) is 11.6 Å². The third kappa shape index (κ3) is 5.98. The quantitative estimate of drug-likeness (QED) is 0.252. The van der Waals surface area contributed by atoms with Crippen molar-refractivity contribution in [3.8, 4) is 5.69 Å². The van der Waals surface area contributed by atoms with E-state index in [4.69, 9.17) is 0 Å². The molecule has 0 saturated heterocycles. The fourth-order valence-electron chi connectivity index (χ4n) is 3.26. The zero-order valence-electron chi connectivity index (χ0n) is 18.4. The Balaban J connectivity index is 1.55. The molecule has 0 fully saturated rings. The molecule has 4 aromatic rings. The first-order valence-electron chi connectivity index (χ1n) is 10.3. The molecular weight excluding hydrogens is 475 g/mol. The third-order valence-electron chi connectivity index (χ3n) is 4.86. The topological polar surface area (TPSA) is 143 Å². The van der Waals surface area contributed by atoms with Crippen LogP contribution in [-0.2, 0) is 11.2 Å². The molecule has 4 rings (SSSR count). The number of nitrogens with one attached hydrogen (secondary N) is 3. The van der Waals surface area contributed by atoms with Gasteiger partial charge in [0.15, 0.2) is 10.9 Å². The van der Waals surface area contributed by atoms with Crippen LogP contribution >= 0.6 is 11.8 Å². The van der Waals surface area contributed by atoms with Crippen molar-refractivity contribution < 1.29 is 14.0 Å². The maximum Gasteiger partial charge on any atom is 0.325 e. The number of benzene rings is 2. The van der Waals surface area contributed by atoms with Crippen LogP contribution in [0.25, 0.3) is 5.69 Å². The minimum Gasteiger partial charge on any atom is -0.325 e. The number of carbonyl (C=O) groups excluding carboxylic acids is 2. The second-order valence-corrected chi connectivity index (χ2v) is 8.41.